The fraction of sp³-hybridized carbons (Fsp3) is 0.212. The minimum absolute atomic E-state index is 0.314. The van der Waals surface area contributed by atoms with Crippen molar-refractivity contribution < 1.29 is 27.3 Å². The van der Waals surface area contributed by atoms with Crippen LogP contribution in [-0.2, 0) is 19.8 Å². The van der Waals surface area contributed by atoms with Gasteiger partial charge in [-0.1, -0.05) is 124 Å². The van der Waals surface area contributed by atoms with Gasteiger partial charge in [-0.15, -0.1) is 0 Å². The zero-order valence-electron chi connectivity index (χ0n) is 23.8. The predicted molar refractivity (Wildman–Crippen MR) is 159 cm³/mol. The molecule has 0 saturated heterocycles. The Hall–Kier alpha value is -4.31. The van der Waals surface area contributed by atoms with Crippen molar-refractivity contribution in [2.24, 2.45) is 15.4 Å². The van der Waals surface area contributed by atoms with Crippen molar-refractivity contribution in [3.05, 3.63) is 143 Å². The lowest BCUT2D eigenvalue weighted by Crippen LogP contribution is -2.57. The number of ketones is 2. The van der Waals surface area contributed by atoms with E-state index >= 15 is 0 Å². The van der Waals surface area contributed by atoms with E-state index in [2.05, 4.69) is 9.98 Å². The summed E-state index contributed by atoms with van der Waals surface area (Å²) in [5, 5.41) is 0.896. The topological polar surface area (TPSA) is 122 Å². The first-order chi connectivity index (χ1) is 19.9. The van der Waals surface area contributed by atoms with E-state index < -0.39 is 26.1 Å². The van der Waals surface area contributed by atoms with Crippen molar-refractivity contribution in [2.45, 2.75) is 31.4 Å². The molecule has 0 spiro atoms. The lowest BCUT2D eigenvalue weighted by molar-refractivity contribution is -0.0417. The van der Waals surface area contributed by atoms with Crippen molar-refractivity contribution in [2.75, 3.05) is 7.11 Å². The molecule has 216 valence electrons. The van der Waals surface area contributed by atoms with Gasteiger partial charge in [0, 0.05) is 29.2 Å². The number of fused-ring (bicyclic) bond motifs is 1. The van der Waals surface area contributed by atoms with Crippen LogP contribution in [0.2, 0.25) is 0 Å². The minimum atomic E-state index is -4.52. The highest BCUT2D eigenvalue weighted by atomic mass is 32.2. The Kier molecular flexibility index (Phi) is 8.68. The van der Waals surface area contributed by atoms with E-state index in [1.165, 1.54) is 7.11 Å². The molecule has 5 rings (SSSR count). The number of methoxy groups -OCH3 is 1. The molecule has 0 saturated carbocycles. The third kappa shape index (κ3) is 5.59. The minimum Gasteiger partial charge on any atom is -0.361 e. The van der Waals surface area contributed by atoms with Gasteiger partial charge in [-0.3, -0.25) is 14.1 Å². The highest BCUT2D eigenvalue weighted by molar-refractivity contribution is 7.86. The summed E-state index contributed by atoms with van der Waals surface area (Å²) in [5.41, 5.74) is -1.03. The third-order valence-corrected chi connectivity index (χ3v) is 8.15. The number of hydrogen-bond donors (Lipinski definition) is 1. The number of nitrogens with zero attached hydrogens (tertiary/aromatic N) is 2. The van der Waals surface area contributed by atoms with Crippen LogP contribution in [-0.4, -0.2) is 37.2 Å². The van der Waals surface area contributed by atoms with Crippen LogP contribution in [0.25, 0.3) is 0 Å². The van der Waals surface area contributed by atoms with Crippen molar-refractivity contribution in [3.8, 4) is 0 Å². The summed E-state index contributed by atoms with van der Waals surface area (Å²) in [7, 11) is -3.09. The van der Waals surface area contributed by atoms with Gasteiger partial charge in [0.15, 0.2) is 5.60 Å². The lowest BCUT2D eigenvalue weighted by Gasteiger charge is -2.40. The quantitative estimate of drug-likeness (QED) is 0.189. The third-order valence-electron chi connectivity index (χ3n) is 7.01. The van der Waals surface area contributed by atoms with Gasteiger partial charge in [-0.05, 0) is 12.1 Å². The Morgan fingerprint density at radius 2 is 1.02 bits per heavy atom. The molecule has 8 nitrogen and oxygen atoms in total. The zero-order valence-corrected chi connectivity index (χ0v) is 24.6. The van der Waals surface area contributed by atoms with Crippen LogP contribution >= 0.6 is 0 Å². The standard InChI is InChI=1S/C20H22O3.C13H10N2O3S/c1-19(2,3)20(23-4,17(21)15-11-7-5-8-12-15)18(22)16-13-9-6-10-14-16;16-19(17,18)13(10-6-2-1-3-7-10)14-11-8-4-5-9-12(11)15-13/h5-14H,1-4H3;1-9H,(H,16,17,18). The number of carbonyl (C=O) groups excluding carboxylic acids is 2. The molecule has 1 N–H and O–H groups in total. The molecule has 0 unspecified atom stereocenters. The molecule has 42 heavy (non-hydrogen) atoms. The summed E-state index contributed by atoms with van der Waals surface area (Å²) < 4.78 is 38.8. The second-order valence-corrected chi connectivity index (χ2v) is 12.2. The van der Waals surface area contributed by atoms with Crippen LogP contribution in [0.5, 0.6) is 0 Å². The molecule has 1 heterocycles. The van der Waals surface area contributed by atoms with Crippen molar-refractivity contribution >= 4 is 21.7 Å². The van der Waals surface area contributed by atoms with Crippen molar-refractivity contribution in [3.63, 3.8) is 0 Å². The molecule has 0 radical (unpaired) electrons. The van der Waals surface area contributed by atoms with Crippen LogP contribution in [0.4, 0.5) is 0 Å². The number of para-hydroxylation sites is 2. The van der Waals surface area contributed by atoms with Crippen LogP contribution in [0, 0.1) is 5.41 Å². The Balaban J connectivity index is 0.000000196. The van der Waals surface area contributed by atoms with E-state index in [-0.39, 0.29) is 11.6 Å². The van der Waals surface area contributed by atoms with Gasteiger partial charge < -0.3 is 4.74 Å². The maximum Gasteiger partial charge on any atom is 0.317 e. The SMILES string of the molecule is COC(C(=O)c1ccccc1)(C(=O)c1ccccc1)C(C)(C)C.O=S(=O)(O)C1(c2ccccc2)N=c2ccccc2=N1. The van der Waals surface area contributed by atoms with Crippen molar-refractivity contribution in [1.82, 2.24) is 0 Å². The first kappa shape index (κ1) is 30.6. The highest BCUT2D eigenvalue weighted by Gasteiger charge is 2.55. The van der Waals surface area contributed by atoms with Crippen LogP contribution < -0.4 is 10.7 Å². The molecular formula is C33H32N2O6S. The molecule has 0 amide bonds. The molecule has 0 fully saturated rings. The first-order valence-electron chi connectivity index (χ1n) is 13.2. The van der Waals surface area contributed by atoms with E-state index in [0.29, 0.717) is 27.4 Å². The van der Waals surface area contributed by atoms with Gasteiger partial charge in [0.2, 0.25) is 11.6 Å². The largest absolute Gasteiger partial charge is 0.361 e. The van der Waals surface area contributed by atoms with Gasteiger partial charge in [0.05, 0.1) is 10.7 Å². The second kappa shape index (κ2) is 11.9. The zero-order chi connectivity index (χ0) is 30.6. The summed E-state index contributed by atoms with van der Waals surface area (Å²) in [5.74, 6) is -0.635. The van der Waals surface area contributed by atoms with E-state index in [4.69, 9.17) is 4.74 Å². The summed E-state index contributed by atoms with van der Waals surface area (Å²) >= 11 is 0. The number of Topliss-reactive ketones (excluding diaryl/α,β-unsaturated/α-hetero) is 2. The number of benzene rings is 4. The summed E-state index contributed by atoms with van der Waals surface area (Å²) in [6.45, 7) is 5.54. The molecule has 0 bridgehead atoms. The van der Waals surface area contributed by atoms with Gasteiger partial charge in [-0.25, -0.2) is 9.98 Å². The maximum absolute atomic E-state index is 13.2. The Bertz CT molecular complexity index is 1710. The summed E-state index contributed by atoms with van der Waals surface area (Å²) in [6.07, 6.45) is 0. The van der Waals surface area contributed by atoms with Crippen LogP contribution in [0.1, 0.15) is 47.1 Å². The second-order valence-electron chi connectivity index (χ2n) is 10.7. The highest BCUT2D eigenvalue weighted by Crippen LogP contribution is 2.39. The normalized spacial score (nSPS) is 13.9. The lowest BCUT2D eigenvalue weighted by atomic mass is 9.68. The average molecular weight is 585 g/mol. The average Bonchev–Trinajstić information content (AvgIpc) is 3.40. The number of rotatable bonds is 7. The van der Waals surface area contributed by atoms with E-state index in [1.54, 1.807) is 103 Å². The number of ether oxygens (including phenoxy) is 1. The maximum atomic E-state index is 13.2. The molecule has 9 heteroatoms. The van der Waals surface area contributed by atoms with Gasteiger partial charge in [-0.2, -0.15) is 8.42 Å². The Morgan fingerprint density at radius 1 is 0.667 bits per heavy atom. The predicted octanol–water partition coefficient (Wildman–Crippen LogP) is 4.82. The smallest absolute Gasteiger partial charge is 0.317 e. The summed E-state index contributed by atoms with van der Waals surface area (Å²) in [6, 6.07) is 32.7. The first-order valence-corrected chi connectivity index (χ1v) is 14.6. The molecule has 1 aliphatic rings. The monoisotopic (exact) mass is 584 g/mol. The van der Waals surface area contributed by atoms with Crippen LogP contribution in [0.3, 0.4) is 0 Å². The fourth-order valence-electron chi connectivity index (χ4n) is 4.91. The number of carbonyl (C=O) groups is 2. The molecular weight excluding hydrogens is 552 g/mol. The van der Waals surface area contributed by atoms with E-state index in [1.807, 2.05) is 32.9 Å². The van der Waals surface area contributed by atoms with Crippen molar-refractivity contribution in [1.29, 1.82) is 0 Å². The van der Waals surface area contributed by atoms with Gasteiger partial charge in [0.1, 0.15) is 0 Å². The molecule has 4 aromatic rings. The Morgan fingerprint density at radius 3 is 1.36 bits per heavy atom. The molecule has 4 aromatic carbocycles. The molecule has 0 atom stereocenters. The van der Waals surface area contributed by atoms with E-state index in [0.717, 1.165) is 0 Å². The van der Waals surface area contributed by atoms with Gasteiger partial charge in [0.25, 0.3) is 0 Å². The summed E-state index contributed by atoms with van der Waals surface area (Å²) in [4.78, 5) is 32.7. The van der Waals surface area contributed by atoms with Crippen LogP contribution in [0.15, 0.2) is 125 Å². The van der Waals surface area contributed by atoms with E-state index in [9.17, 15) is 22.6 Å². The molecule has 0 aliphatic carbocycles. The molecule has 0 aromatic heterocycles. The molecule has 1 aliphatic heterocycles. The Labute approximate surface area is 245 Å². The fourth-order valence-corrected chi connectivity index (χ4v) is 5.78. The van der Waals surface area contributed by atoms with Gasteiger partial charge >= 0.3 is 15.1 Å². The number of hydrogen-bond acceptors (Lipinski definition) is 7.